The van der Waals surface area contributed by atoms with Gasteiger partial charge in [0.2, 0.25) is 5.91 Å². The summed E-state index contributed by atoms with van der Waals surface area (Å²) in [5, 5.41) is 2.18. The van der Waals surface area contributed by atoms with Gasteiger partial charge in [0.05, 0.1) is 5.69 Å². The van der Waals surface area contributed by atoms with E-state index in [0.29, 0.717) is 5.56 Å². The lowest BCUT2D eigenvalue weighted by Crippen LogP contribution is -2.19. The van der Waals surface area contributed by atoms with Gasteiger partial charge in [-0.1, -0.05) is 6.07 Å². The minimum atomic E-state index is -1.06. The third-order valence-corrected chi connectivity index (χ3v) is 1.99. The Balaban J connectivity index is 2.64. The molecule has 0 saturated carbocycles. The zero-order valence-electron chi connectivity index (χ0n) is 6.47. The van der Waals surface area contributed by atoms with Crippen LogP contribution in [0.3, 0.4) is 0 Å². The van der Waals surface area contributed by atoms with E-state index in [1.54, 1.807) is 0 Å². The average molecular weight is 184 g/mol. The van der Waals surface area contributed by atoms with Gasteiger partial charge in [-0.3, -0.25) is 4.79 Å². The van der Waals surface area contributed by atoms with Gasteiger partial charge >= 0.3 is 0 Å². The normalized spacial score (nSPS) is 19.9. The predicted molar refractivity (Wildman–Crippen MR) is 41.9 cm³/mol. The Hall–Kier alpha value is -1.49. The topological polar surface area (TPSA) is 55.1 Å². The molecule has 3 nitrogen and oxygen atoms in total. The molecule has 0 radical (unpaired) electrons. The second-order valence-corrected chi connectivity index (χ2v) is 2.79. The third-order valence-electron chi connectivity index (χ3n) is 1.99. The molecule has 1 heterocycles. The minimum absolute atomic E-state index is 0.141. The molecule has 5 heteroatoms. The first-order valence-corrected chi connectivity index (χ1v) is 3.65. The van der Waals surface area contributed by atoms with Crippen LogP contribution in [0.1, 0.15) is 11.6 Å². The van der Waals surface area contributed by atoms with Crippen LogP contribution in [0.5, 0.6) is 0 Å². The summed E-state index contributed by atoms with van der Waals surface area (Å²) in [6.07, 6.45) is 0. The molecule has 0 bridgehead atoms. The summed E-state index contributed by atoms with van der Waals surface area (Å²) in [6, 6.07) is 1.36. The summed E-state index contributed by atoms with van der Waals surface area (Å²) >= 11 is 0. The van der Waals surface area contributed by atoms with Crippen molar-refractivity contribution < 1.29 is 13.6 Å². The van der Waals surface area contributed by atoms with Crippen molar-refractivity contribution in [2.75, 3.05) is 5.32 Å². The van der Waals surface area contributed by atoms with Gasteiger partial charge in [0.15, 0.2) is 11.6 Å². The van der Waals surface area contributed by atoms with E-state index in [1.807, 2.05) is 0 Å². The molecule has 1 unspecified atom stereocenters. The van der Waals surface area contributed by atoms with Gasteiger partial charge < -0.3 is 11.1 Å². The molecule has 0 aliphatic carbocycles. The van der Waals surface area contributed by atoms with Gasteiger partial charge in [0.1, 0.15) is 6.04 Å². The molecule has 3 N–H and O–H groups in total. The number of nitrogens with one attached hydrogen (secondary N) is 1. The highest BCUT2D eigenvalue weighted by Crippen LogP contribution is 2.32. The largest absolute Gasteiger partial charge is 0.322 e. The van der Waals surface area contributed by atoms with E-state index in [9.17, 15) is 13.6 Å². The highest BCUT2D eigenvalue weighted by atomic mass is 19.2. The molecule has 1 aliphatic heterocycles. The number of carbonyl (C=O) groups excluding carboxylic acids is 1. The number of hydrogen-bond donors (Lipinski definition) is 2. The van der Waals surface area contributed by atoms with Gasteiger partial charge in [-0.05, 0) is 6.07 Å². The fourth-order valence-electron chi connectivity index (χ4n) is 1.29. The average Bonchev–Trinajstić information content (AvgIpc) is 2.38. The van der Waals surface area contributed by atoms with Crippen LogP contribution in [0.15, 0.2) is 12.1 Å². The van der Waals surface area contributed by atoms with Crippen LogP contribution in [-0.4, -0.2) is 5.91 Å². The zero-order valence-corrected chi connectivity index (χ0v) is 6.47. The Bertz CT molecular complexity index is 392. The van der Waals surface area contributed by atoms with Crippen molar-refractivity contribution in [3.8, 4) is 0 Å². The van der Waals surface area contributed by atoms with Crippen molar-refractivity contribution in [1.29, 1.82) is 0 Å². The number of rotatable bonds is 0. The van der Waals surface area contributed by atoms with Crippen LogP contribution in [0.4, 0.5) is 14.5 Å². The molecule has 1 aromatic rings. The predicted octanol–water partition coefficient (Wildman–Crippen LogP) is 0.917. The number of anilines is 1. The van der Waals surface area contributed by atoms with Crippen molar-refractivity contribution in [3.05, 3.63) is 29.3 Å². The molecule has 1 aliphatic rings. The number of halogens is 2. The fraction of sp³-hybridized carbons (Fsp3) is 0.125. The maximum Gasteiger partial charge on any atom is 0.246 e. The second kappa shape index (κ2) is 2.50. The lowest BCUT2D eigenvalue weighted by atomic mass is 10.1. The van der Waals surface area contributed by atoms with E-state index in [4.69, 9.17) is 5.73 Å². The van der Waals surface area contributed by atoms with Crippen molar-refractivity contribution in [2.45, 2.75) is 6.04 Å². The highest BCUT2D eigenvalue weighted by molar-refractivity contribution is 6.02. The van der Waals surface area contributed by atoms with Crippen LogP contribution in [-0.2, 0) is 4.79 Å². The Morgan fingerprint density at radius 3 is 2.77 bits per heavy atom. The summed E-state index contributed by atoms with van der Waals surface area (Å²) in [7, 11) is 0. The maximum absolute atomic E-state index is 13.0. The van der Waals surface area contributed by atoms with Gasteiger partial charge in [-0.15, -0.1) is 0 Å². The first-order valence-electron chi connectivity index (χ1n) is 3.65. The first kappa shape index (κ1) is 8.12. The molecule has 68 valence electrons. The maximum atomic E-state index is 13.0. The third kappa shape index (κ3) is 1.01. The Morgan fingerprint density at radius 1 is 1.38 bits per heavy atom. The van der Waals surface area contributed by atoms with Crippen LogP contribution in [0.2, 0.25) is 0 Å². The van der Waals surface area contributed by atoms with E-state index in [0.717, 1.165) is 6.07 Å². The first-order chi connectivity index (χ1) is 6.11. The summed E-state index contributed by atoms with van der Waals surface area (Å²) < 4.78 is 25.7. The van der Waals surface area contributed by atoms with Crippen LogP contribution in [0.25, 0.3) is 0 Å². The number of amides is 1. The molecular weight excluding hydrogens is 178 g/mol. The van der Waals surface area contributed by atoms with Gasteiger partial charge in [0, 0.05) is 5.56 Å². The standard InChI is InChI=1S/C8H6F2N2O/c9-4-2-1-3-6(11)8(13)12-7(3)5(4)10/h1-2,6H,11H2,(H,12,13). The van der Waals surface area contributed by atoms with E-state index in [1.165, 1.54) is 6.07 Å². The van der Waals surface area contributed by atoms with Crippen molar-refractivity contribution in [3.63, 3.8) is 0 Å². The summed E-state index contributed by atoms with van der Waals surface area (Å²) in [5.41, 5.74) is 5.56. The minimum Gasteiger partial charge on any atom is -0.322 e. The second-order valence-electron chi connectivity index (χ2n) is 2.79. The molecule has 0 aromatic heterocycles. The Labute approximate surface area is 72.5 Å². The Morgan fingerprint density at radius 2 is 2.08 bits per heavy atom. The van der Waals surface area contributed by atoms with Crippen LogP contribution >= 0.6 is 0 Å². The number of carbonyl (C=O) groups is 1. The molecule has 1 atom stereocenters. The molecular formula is C8H6F2N2O. The van der Waals surface area contributed by atoms with Gasteiger partial charge in [-0.2, -0.15) is 0 Å². The SMILES string of the molecule is NC1C(=O)Nc2c1ccc(F)c2F. The summed E-state index contributed by atoms with van der Waals surface area (Å²) in [5.74, 6) is -2.56. The van der Waals surface area contributed by atoms with E-state index >= 15 is 0 Å². The zero-order chi connectivity index (χ0) is 9.59. The highest BCUT2D eigenvalue weighted by Gasteiger charge is 2.30. The number of fused-ring (bicyclic) bond motifs is 1. The van der Waals surface area contributed by atoms with Crippen molar-refractivity contribution >= 4 is 11.6 Å². The fourth-order valence-corrected chi connectivity index (χ4v) is 1.29. The Kier molecular flexibility index (Phi) is 1.56. The van der Waals surface area contributed by atoms with Gasteiger partial charge in [-0.25, -0.2) is 8.78 Å². The lowest BCUT2D eigenvalue weighted by molar-refractivity contribution is -0.116. The quantitative estimate of drug-likeness (QED) is 0.629. The van der Waals surface area contributed by atoms with Crippen molar-refractivity contribution in [1.82, 2.24) is 0 Å². The number of benzene rings is 1. The number of hydrogen-bond acceptors (Lipinski definition) is 2. The van der Waals surface area contributed by atoms with Gasteiger partial charge in [0.25, 0.3) is 0 Å². The molecule has 1 aromatic carbocycles. The summed E-state index contributed by atoms with van der Waals surface area (Å²) in [4.78, 5) is 11.0. The molecule has 0 saturated heterocycles. The molecule has 1 amide bonds. The van der Waals surface area contributed by atoms with Crippen LogP contribution in [0, 0.1) is 11.6 Å². The molecule has 0 fully saturated rings. The van der Waals surface area contributed by atoms with E-state index in [-0.39, 0.29) is 5.69 Å². The van der Waals surface area contributed by atoms with Crippen LogP contribution < -0.4 is 11.1 Å². The summed E-state index contributed by atoms with van der Waals surface area (Å²) in [6.45, 7) is 0. The van der Waals surface area contributed by atoms with E-state index in [2.05, 4.69) is 5.32 Å². The smallest absolute Gasteiger partial charge is 0.246 e. The molecule has 0 spiro atoms. The van der Waals surface area contributed by atoms with Crippen molar-refractivity contribution in [2.24, 2.45) is 5.73 Å². The lowest BCUT2D eigenvalue weighted by Gasteiger charge is -2.01. The number of nitrogens with two attached hydrogens (primary N) is 1. The molecule has 2 rings (SSSR count). The monoisotopic (exact) mass is 184 g/mol. The van der Waals surface area contributed by atoms with E-state index < -0.39 is 23.6 Å². The molecule has 13 heavy (non-hydrogen) atoms.